The highest BCUT2D eigenvalue weighted by Gasteiger charge is 2.15. The van der Waals surface area contributed by atoms with E-state index in [1.165, 1.54) is 12.4 Å². The Morgan fingerprint density at radius 2 is 2.30 bits per heavy atom. The molecule has 1 aromatic rings. The van der Waals surface area contributed by atoms with Crippen LogP contribution in [0.5, 0.6) is 0 Å². The van der Waals surface area contributed by atoms with Crippen LogP contribution in [0.2, 0.25) is 0 Å². The maximum Gasteiger partial charge on any atom is 0.226 e. The van der Waals surface area contributed by atoms with E-state index in [1.807, 2.05) is 0 Å². The van der Waals surface area contributed by atoms with Crippen molar-refractivity contribution in [3.05, 3.63) is 18.0 Å². The third kappa shape index (κ3) is 0.556. The largest absolute Gasteiger partial charge is 0.286 e. The zero-order valence-corrected chi connectivity index (χ0v) is 4.98. The maximum atomic E-state index is 10.8. The van der Waals surface area contributed by atoms with Gasteiger partial charge in [-0.2, -0.15) is 5.10 Å². The number of ketones is 1. The molecular formula is C6H3N3O. The van der Waals surface area contributed by atoms with Gasteiger partial charge in [0.2, 0.25) is 5.78 Å². The first-order valence-electron chi connectivity index (χ1n) is 2.78. The van der Waals surface area contributed by atoms with E-state index in [4.69, 9.17) is 0 Å². The van der Waals surface area contributed by atoms with E-state index in [9.17, 15) is 4.79 Å². The predicted octanol–water partition coefficient (Wildman–Crippen LogP) is 0.375. The minimum atomic E-state index is -0.164. The SMILES string of the molecule is O=C1C=Nc2ccnnc21. The lowest BCUT2D eigenvalue weighted by Crippen LogP contribution is -1.98. The first-order valence-corrected chi connectivity index (χ1v) is 2.78. The smallest absolute Gasteiger partial charge is 0.226 e. The van der Waals surface area contributed by atoms with Crippen molar-refractivity contribution in [2.45, 2.75) is 0 Å². The number of rotatable bonds is 0. The van der Waals surface area contributed by atoms with Gasteiger partial charge in [-0.15, -0.1) is 5.10 Å². The van der Waals surface area contributed by atoms with E-state index >= 15 is 0 Å². The van der Waals surface area contributed by atoms with Crippen LogP contribution in [0, 0.1) is 0 Å². The van der Waals surface area contributed by atoms with Crippen molar-refractivity contribution >= 4 is 17.7 Å². The third-order valence-corrected chi connectivity index (χ3v) is 1.25. The van der Waals surface area contributed by atoms with Gasteiger partial charge in [-0.25, -0.2) is 0 Å². The highest BCUT2D eigenvalue weighted by atomic mass is 16.1. The molecule has 0 fully saturated rings. The second kappa shape index (κ2) is 1.70. The fourth-order valence-corrected chi connectivity index (χ4v) is 0.794. The molecule has 0 unspecified atom stereocenters. The number of aliphatic imine (C=N–C) groups is 1. The van der Waals surface area contributed by atoms with Gasteiger partial charge in [0.15, 0.2) is 5.69 Å². The predicted molar refractivity (Wildman–Crippen MR) is 34.5 cm³/mol. The van der Waals surface area contributed by atoms with E-state index in [1.54, 1.807) is 6.07 Å². The van der Waals surface area contributed by atoms with E-state index in [-0.39, 0.29) is 5.78 Å². The minimum Gasteiger partial charge on any atom is -0.286 e. The van der Waals surface area contributed by atoms with Crippen LogP contribution >= 0.6 is 0 Å². The van der Waals surface area contributed by atoms with Crippen molar-refractivity contribution in [1.82, 2.24) is 10.2 Å². The van der Waals surface area contributed by atoms with Crippen LogP contribution in [0.25, 0.3) is 0 Å². The molecule has 1 aromatic heterocycles. The van der Waals surface area contributed by atoms with Gasteiger partial charge in [0, 0.05) is 0 Å². The number of carbonyl (C=O) groups excluding carboxylic acids is 1. The Hall–Kier alpha value is -1.58. The molecule has 0 saturated heterocycles. The summed E-state index contributed by atoms with van der Waals surface area (Å²) in [6, 6.07) is 1.66. The number of nitrogens with zero attached hydrogens (tertiary/aromatic N) is 3. The average Bonchev–Trinajstić information content (AvgIpc) is 2.34. The third-order valence-electron chi connectivity index (χ3n) is 1.25. The van der Waals surface area contributed by atoms with Gasteiger partial charge in [-0.05, 0) is 6.07 Å². The lowest BCUT2D eigenvalue weighted by atomic mass is 10.3. The molecular weight excluding hydrogens is 130 g/mol. The van der Waals surface area contributed by atoms with Crippen molar-refractivity contribution in [1.29, 1.82) is 0 Å². The van der Waals surface area contributed by atoms with Crippen molar-refractivity contribution < 1.29 is 4.79 Å². The van der Waals surface area contributed by atoms with Gasteiger partial charge in [0.1, 0.15) is 0 Å². The molecule has 10 heavy (non-hydrogen) atoms. The van der Waals surface area contributed by atoms with Crippen molar-refractivity contribution in [2.24, 2.45) is 4.99 Å². The number of carbonyl (C=O) groups is 1. The van der Waals surface area contributed by atoms with Crippen LogP contribution in [0.3, 0.4) is 0 Å². The summed E-state index contributed by atoms with van der Waals surface area (Å²) in [5.41, 5.74) is 0.961. The molecule has 1 aliphatic heterocycles. The van der Waals surface area contributed by atoms with Gasteiger partial charge in [-0.3, -0.25) is 9.79 Å². The summed E-state index contributed by atoms with van der Waals surface area (Å²) < 4.78 is 0. The molecule has 0 saturated carbocycles. The summed E-state index contributed by atoms with van der Waals surface area (Å²) in [6.07, 6.45) is 2.76. The van der Waals surface area contributed by atoms with Crippen molar-refractivity contribution in [3.63, 3.8) is 0 Å². The molecule has 0 amide bonds. The van der Waals surface area contributed by atoms with Crippen molar-refractivity contribution in [2.75, 3.05) is 0 Å². The zero-order valence-electron chi connectivity index (χ0n) is 4.98. The Labute approximate surface area is 56.6 Å². The summed E-state index contributed by atoms with van der Waals surface area (Å²) in [5.74, 6) is -0.164. The van der Waals surface area contributed by atoms with Gasteiger partial charge in [-0.1, -0.05) is 0 Å². The molecule has 0 bridgehead atoms. The molecule has 48 valence electrons. The number of aromatic nitrogens is 2. The van der Waals surface area contributed by atoms with E-state index in [2.05, 4.69) is 15.2 Å². The molecule has 2 heterocycles. The fourth-order valence-electron chi connectivity index (χ4n) is 0.794. The second-order valence-electron chi connectivity index (χ2n) is 1.89. The molecule has 1 aliphatic rings. The lowest BCUT2D eigenvalue weighted by Gasteiger charge is -1.87. The molecule has 0 aromatic carbocycles. The average molecular weight is 133 g/mol. The molecule has 0 radical (unpaired) electrons. The topological polar surface area (TPSA) is 55.2 Å². The Balaban J connectivity index is 2.70. The fraction of sp³-hybridized carbons (Fsp3) is 0. The summed E-state index contributed by atoms with van der Waals surface area (Å²) in [4.78, 5) is 14.6. The standard InChI is InChI=1S/C6H3N3O/c10-5-3-7-4-1-2-8-9-6(4)5/h1-3H. The zero-order chi connectivity index (χ0) is 6.97. The summed E-state index contributed by atoms with van der Waals surface area (Å²) in [7, 11) is 0. The van der Waals surface area contributed by atoms with E-state index in [0.29, 0.717) is 11.4 Å². The molecule has 0 spiro atoms. The monoisotopic (exact) mass is 133 g/mol. The van der Waals surface area contributed by atoms with Gasteiger partial charge in [0.25, 0.3) is 0 Å². The number of hydrogen-bond acceptors (Lipinski definition) is 4. The Kier molecular flexibility index (Phi) is 0.887. The van der Waals surface area contributed by atoms with Crippen LogP contribution in [-0.4, -0.2) is 22.2 Å². The van der Waals surface area contributed by atoms with Gasteiger partial charge in [0.05, 0.1) is 18.1 Å². The highest BCUT2D eigenvalue weighted by Crippen LogP contribution is 2.18. The summed E-state index contributed by atoms with van der Waals surface area (Å²) in [6.45, 7) is 0. The Morgan fingerprint density at radius 1 is 1.40 bits per heavy atom. The quantitative estimate of drug-likeness (QED) is 0.514. The summed E-state index contributed by atoms with van der Waals surface area (Å²) >= 11 is 0. The Bertz CT molecular complexity index is 319. The van der Waals surface area contributed by atoms with Crippen LogP contribution in [-0.2, 0) is 0 Å². The Morgan fingerprint density at radius 3 is 3.10 bits per heavy atom. The number of fused-ring (bicyclic) bond motifs is 1. The lowest BCUT2D eigenvalue weighted by molar-refractivity contribution is 0.106. The van der Waals surface area contributed by atoms with Crippen LogP contribution in [0.15, 0.2) is 17.3 Å². The van der Waals surface area contributed by atoms with Crippen LogP contribution < -0.4 is 0 Å². The normalized spacial score (nSPS) is 13.8. The number of hydrogen-bond donors (Lipinski definition) is 0. The molecule has 0 N–H and O–H groups in total. The van der Waals surface area contributed by atoms with Crippen LogP contribution in [0.1, 0.15) is 10.5 Å². The first-order chi connectivity index (χ1) is 4.88. The van der Waals surface area contributed by atoms with E-state index < -0.39 is 0 Å². The van der Waals surface area contributed by atoms with Crippen LogP contribution in [0.4, 0.5) is 5.69 Å². The first kappa shape index (κ1) is 5.22. The second-order valence-corrected chi connectivity index (χ2v) is 1.89. The molecule has 2 rings (SSSR count). The maximum absolute atomic E-state index is 10.8. The summed E-state index contributed by atoms with van der Waals surface area (Å²) in [5, 5.41) is 7.17. The highest BCUT2D eigenvalue weighted by molar-refractivity contribution is 6.39. The number of Topliss-reactive ketones (excluding diaryl/α,β-unsaturated/α-hetero) is 1. The molecule has 0 atom stereocenters. The van der Waals surface area contributed by atoms with E-state index in [0.717, 1.165) is 0 Å². The van der Waals surface area contributed by atoms with Gasteiger partial charge >= 0.3 is 0 Å². The van der Waals surface area contributed by atoms with Gasteiger partial charge < -0.3 is 0 Å². The van der Waals surface area contributed by atoms with Crippen molar-refractivity contribution in [3.8, 4) is 0 Å². The minimum absolute atomic E-state index is 0.164. The molecule has 4 nitrogen and oxygen atoms in total. The molecule has 0 aliphatic carbocycles. The molecule has 4 heteroatoms.